The summed E-state index contributed by atoms with van der Waals surface area (Å²) in [7, 11) is 2.13. The number of hydrogen-bond acceptors (Lipinski definition) is 2. The van der Waals surface area contributed by atoms with Crippen LogP contribution in [-0.4, -0.2) is 31.6 Å². The molecule has 0 saturated carbocycles. The summed E-state index contributed by atoms with van der Waals surface area (Å²) in [5.41, 5.74) is 2.42. The fourth-order valence-corrected chi connectivity index (χ4v) is 2.11. The van der Waals surface area contributed by atoms with Crippen molar-refractivity contribution in [2.75, 3.05) is 26.7 Å². The van der Waals surface area contributed by atoms with Gasteiger partial charge in [0.15, 0.2) is 0 Å². The van der Waals surface area contributed by atoms with Gasteiger partial charge in [-0.2, -0.15) is 0 Å². The van der Waals surface area contributed by atoms with Gasteiger partial charge in [-0.05, 0) is 43.6 Å². The van der Waals surface area contributed by atoms with E-state index in [1.165, 1.54) is 11.1 Å². The minimum Gasteiger partial charge on any atom is -0.315 e. The Bertz CT molecular complexity index is 364. The largest absolute Gasteiger partial charge is 0.315 e. The van der Waals surface area contributed by atoms with Crippen LogP contribution in [0.1, 0.15) is 25.0 Å². The summed E-state index contributed by atoms with van der Waals surface area (Å²) in [6, 6.07) is 6.27. The van der Waals surface area contributed by atoms with E-state index in [9.17, 15) is 0 Å². The summed E-state index contributed by atoms with van der Waals surface area (Å²) in [5.74, 6) is 0.710. The monoisotopic (exact) mass is 268 g/mol. The number of nitrogens with zero attached hydrogens (tertiary/aromatic N) is 1. The van der Waals surface area contributed by atoms with Crippen LogP contribution in [0.25, 0.3) is 0 Å². The van der Waals surface area contributed by atoms with Gasteiger partial charge in [0.1, 0.15) is 0 Å². The Kier molecular flexibility index (Phi) is 6.69. The molecule has 1 aromatic carbocycles. The van der Waals surface area contributed by atoms with Crippen LogP contribution < -0.4 is 5.32 Å². The molecule has 0 unspecified atom stereocenters. The smallest absolute Gasteiger partial charge is 0.0453 e. The molecule has 0 amide bonds. The molecule has 0 aliphatic rings. The summed E-state index contributed by atoms with van der Waals surface area (Å²) < 4.78 is 0. The number of nitrogens with one attached hydrogen (secondary N) is 1. The predicted octanol–water partition coefficient (Wildman–Crippen LogP) is 3.33. The van der Waals surface area contributed by atoms with Crippen molar-refractivity contribution >= 4 is 11.6 Å². The van der Waals surface area contributed by atoms with Crippen LogP contribution in [0, 0.1) is 12.8 Å². The average Bonchev–Trinajstić information content (AvgIpc) is 2.28. The zero-order chi connectivity index (χ0) is 13.5. The van der Waals surface area contributed by atoms with Crippen LogP contribution in [-0.2, 0) is 6.54 Å². The molecule has 0 spiro atoms. The Hall–Kier alpha value is -0.570. The molecule has 3 heteroatoms. The second kappa shape index (κ2) is 7.78. The zero-order valence-corrected chi connectivity index (χ0v) is 12.7. The third-order valence-electron chi connectivity index (χ3n) is 2.87. The van der Waals surface area contributed by atoms with Crippen molar-refractivity contribution < 1.29 is 0 Å². The van der Waals surface area contributed by atoms with Crippen LogP contribution in [0.3, 0.4) is 0 Å². The van der Waals surface area contributed by atoms with E-state index in [2.05, 4.69) is 50.2 Å². The molecule has 0 aromatic heterocycles. The first kappa shape index (κ1) is 15.5. The maximum absolute atomic E-state index is 6.23. The van der Waals surface area contributed by atoms with Gasteiger partial charge in [0.25, 0.3) is 0 Å². The highest BCUT2D eigenvalue weighted by Crippen LogP contribution is 2.18. The first-order chi connectivity index (χ1) is 8.49. The van der Waals surface area contributed by atoms with Crippen molar-refractivity contribution in [2.45, 2.75) is 27.3 Å². The molecule has 1 rings (SSSR count). The third kappa shape index (κ3) is 5.85. The molecule has 0 heterocycles. The van der Waals surface area contributed by atoms with Gasteiger partial charge in [-0.25, -0.2) is 0 Å². The molecule has 0 fully saturated rings. The maximum atomic E-state index is 6.23. The first-order valence-corrected chi connectivity index (χ1v) is 7.01. The van der Waals surface area contributed by atoms with Gasteiger partial charge in [-0.3, -0.25) is 0 Å². The van der Waals surface area contributed by atoms with Gasteiger partial charge >= 0.3 is 0 Å². The maximum Gasteiger partial charge on any atom is 0.0453 e. The van der Waals surface area contributed by atoms with Crippen molar-refractivity contribution in [3.05, 3.63) is 34.3 Å². The predicted molar refractivity (Wildman–Crippen MR) is 80.2 cm³/mol. The van der Waals surface area contributed by atoms with Gasteiger partial charge in [-0.1, -0.05) is 37.6 Å². The van der Waals surface area contributed by atoms with E-state index in [1.807, 2.05) is 6.07 Å². The summed E-state index contributed by atoms with van der Waals surface area (Å²) in [6.45, 7) is 10.6. The second-order valence-corrected chi connectivity index (χ2v) is 5.84. The standard InChI is InChI=1S/C15H25ClN2/c1-12(2)10-17-7-8-18(4)11-14-6-5-13(3)9-15(14)16/h5-6,9,12,17H,7-8,10-11H2,1-4H3. The van der Waals surface area contributed by atoms with Crippen LogP contribution in [0.5, 0.6) is 0 Å². The highest BCUT2D eigenvalue weighted by Gasteiger charge is 2.04. The summed E-state index contributed by atoms with van der Waals surface area (Å²) >= 11 is 6.23. The summed E-state index contributed by atoms with van der Waals surface area (Å²) in [6.07, 6.45) is 0. The quantitative estimate of drug-likeness (QED) is 0.763. The van der Waals surface area contributed by atoms with E-state index in [4.69, 9.17) is 11.6 Å². The van der Waals surface area contributed by atoms with Crippen LogP contribution >= 0.6 is 11.6 Å². The Morgan fingerprint density at radius 3 is 2.67 bits per heavy atom. The molecule has 0 aliphatic carbocycles. The SMILES string of the molecule is Cc1ccc(CN(C)CCNCC(C)C)c(Cl)c1. The number of hydrogen-bond donors (Lipinski definition) is 1. The van der Waals surface area contributed by atoms with E-state index >= 15 is 0 Å². The number of likely N-dealkylation sites (N-methyl/N-ethyl adjacent to an activating group) is 1. The summed E-state index contributed by atoms with van der Waals surface area (Å²) in [4.78, 5) is 2.30. The van der Waals surface area contributed by atoms with Gasteiger partial charge in [0.2, 0.25) is 0 Å². The highest BCUT2D eigenvalue weighted by molar-refractivity contribution is 6.31. The van der Waals surface area contributed by atoms with Crippen molar-refractivity contribution in [1.82, 2.24) is 10.2 Å². The normalized spacial score (nSPS) is 11.5. The first-order valence-electron chi connectivity index (χ1n) is 6.63. The van der Waals surface area contributed by atoms with Crippen LogP contribution in [0.2, 0.25) is 5.02 Å². The molecule has 0 atom stereocenters. The van der Waals surface area contributed by atoms with Crippen LogP contribution in [0.4, 0.5) is 0 Å². The fourth-order valence-electron chi connectivity index (χ4n) is 1.81. The minimum atomic E-state index is 0.710. The average molecular weight is 269 g/mol. The van der Waals surface area contributed by atoms with E-state index in [-0.39, 0.29) is 0 Å². The molecule has 0 aliphatic heterocycles. The van der Waals surface area contributed by atoms with Crippen molar-refractivity contribution in [2.24, 2.45) is 5.92 Å². The van der Waals surface area contributed by atoms with E-state index in [0.717, 1.165) is 31.2 Å². The van der Waals surface area contributed by atoms with E-state index in [1.54, 1.807) is 0 Å². The second-order valence-electron chi connectivity index (χ2n) is 5.43. The van der Waals surface area contributed by atoms with Gasteiger partial charge in [-0.15, -0.1) is 0 Å². The van der Waals surface area contributed by atoms with Crippen molar-refractivity contribution in [1.29, 1.82) is 0 Å². The number of benzene rings is 1. The van der Waals surface area contributed by atoms with Gasteiger partial charge in [0.05, 0.1) is 0 Å². The lowest BCUT2D eigenvalue weighted by Crippen LogP contribution is -2.30. The lowest BCUT2D eigenvalue weighted by Gasteiger charge is -2.18. The molecule has 0 radical (unpaired) electrons. The zero-order valence-electron chi connectivity index (χ0n) is 12.0. The minimum absolute atomic E-state index is 0.710. The van der Waals surface area contributed by atoms with E-state index in [0.29, 0.717) is 5.92 Å². The molecular weight excluding hydrogens is 244 g/mol. The number of aryl methyl sites for hydroxylation is 1. The van der Waals surface area contributed by atoms with E-state index < -0.39 is 0 Å². The topological polar surface area (TPSA) is 15.3 Å². The van der Waals surface area contributed by atoms with Crippen molar-refractivity contribution in [3.63, 3.8) is 0 Å². The van der Waals surface area contributed by atoms with Crippen LogP contribution in [0.15, 0.2) is 18.2 Å². The molecule has 1 N–H and O–H groups in total. The number of halogens is 1. The summed E-state index contributed by atoms with van der Waals surface area (Å²) in [5, 5.41) is 4.32. The number of rotatable bonds is 7. The molecule has 1 aromatic rings. The van der Waals surface area contributed by atoms with Gasteiger partial charge < -0.3 is 10.2 Å². The molecule has 0 bridgehead atoms. The molecule has 2 nitrogen and oxygen atoms in total. The molecule has 18 heavy (non-hydrogen) atoms. The molecular formula is C15H25ClN2. The Balaban J connectivity index is 2.33. The van der Waals surface area contributed by atoms with Crippen molar-refractivity contribution in [3.8, 4) is 0 Å². The molecule has 0 saturated heterocycles. The Morgan fingerprint density at radius 1 is 1.33 bits per heavy atom. The molecule has 102 valence electrons. The lowest BCUT2D eigenvalue weighted by molar-refractivity contribution is 0.322. The highest BCUT2D eigenvalue weighted by atomic mass is 35.5. The lowest BCUT2D eigenvalue weighted by atomic mass is 10.1. The Morgan fingerprint density at radius 2 is 2.06 bits per heavy atom. The fraction of sp³-hybridized carbons (Fsp3) is 0.600. The Labute approximate surface area is 116 Å². The van der Waals surface area contributed by atoms with Gasteiger partial charge in [0, 0.05) is 24.7 Å². The third-order valence-corrected chi connectivity index (χ3v) is 3.22.